The Hall–Kier alpha value is -4.07. The minimum atomic E-state index is -0.832. The maximum Gasteiger partial charge on any atom is 0.331 e. The van der Waals surface area contributed by atoms with Crippen molar-refractivity contribution >= 4 is 44.8 Å². The molecule has 0 unspecified atom stereocenters. The number of pyridine rings is 1. The van der Waals surface area contributed by atoms with Gasteiger partial charge in [-0.3, -0.25) is 4.98 Å². The van der Waals surface area contributed by atoms with E-state index in [0.717, 1.165) is 58.6 Å². The van der Waals surface area contributed by atoms with Crippen LogP contribution in [0.15, 0.2) is 96.5 Å². The summed E-state index contributed by atoms with van der Waals surface area (Å²) in [6, 6.07) is 28.5. The lowest BCUT2D eigenvalue weighted by Gasteiger charge is -2.47. The first-order valence-electron chi connectivity index (χ1n) is 16.7. The third kappa shape index (κ3) is 6.50. The molecule has 2 aromatic heterocycles. The average molecular weight is 681 g/mol. The molecule has 1 spiro atoms. The van der Waals surface area contributed by atoms with Gasteiger partial charge in [-0.2, -0.15) is 0 Å². The number of fused-ring (bicyclic) bond motifs is 3. The molecule has 0 amide bonds. The lowest BCUT2D eigenvalue weighted by molar-refractivity contribution is -0.148. The molecule has 248 valence electrons. The number of hydrogen-bond acceptors (Lipinski definition) is 7. The molecule has 3 aromatic carbocycles. The number of aromatic nitrogens is 1. The van der Waals surface area contributed by atoms with Crippen LogP contribution >= 0.6 is 22.9 Å². The van der Waals surface area contributed by atoms with Gasteiger partial charge < -0.3 is 19.5 Å². The Balaban J connectivity index is 1.15. The Labute approximate surface area is 291 Å². The Kier molecular flexibility index (Phi) is 9.34. The van der Waals surface area contributed by atoms with Crippen molar-refractivity contribution in [1.82, 2.24) is 4.98 Å². The van der Waals surface area contributed by atoms with Crippen LogP contribution in [0.25, 0.3) is 10.2 Å². The van der Waals surface area contributed by atoms with Gasteiger partial charge in [-0.25, -0.2) is 4.79 Å². The smallest absolute Gasteiger partial charge is 0.331 e. The summed E-state index contributed by atoms with van der Waals surface area (Å²) < 4.78 is 19.3. The average Bonchev–Trinajstić information content (AvgIpc) is 3.71. The monoisotopic (exact) mass is 680 g/mol. The van der Waals surface area contributed by atoms with Crippen LogP contribution in [0.4, 0.5) is 5.69 Å². The summed E-state index contributed by atoms with van der Waals surface area (Å²) in [5, 5.41) is 6.25. The molecule has 2 heterocycles. The van der Waals surface area contributed by atoms with E-state index in [1.54, 1.807) is 11.3 Å². The molecule has 6 nitrogen and oxygen atoms in total. The lowest BCUT2D eigenvalue weighted by Crippen LogP contribution is -2.53. The minimum Gasteiger partial charge on any atom is -0.492 e. The van der Waals surface area contributed by atoms with Crippen LogP contribution in [0, 0.1) is 11.8 Å². The van der Waals surface area contributed by atoms with Gasteiger partial charge in [-0.1, -0.05) is 61.0 Å². The SMILES string of the molecule is COC(=O)C1(Nc2cccc(Cl)c2)CCC2(CC1)c1cc(OCc3ccccc3)ccc1C[C@@H]2C[C@@H](C)COc1ccnc2ccsc12. The highest BCUT2D eigenvalue weighted by Gasteiger charge is 2.54. The number of benzene rings is 3. The summed E-state index contributed by atoms with van der Waals surface area (Å²) in [6.07, 6.45) is 6.83. The summed E-state index contributed by atoms with van der Waals surface area (Å²) in [5.41, 5.74) is 4.75. The van der Waals surface area contributed by atoms with Crippen molar-refractivity contribution in [2.45, 2.75) is 63.0 Å². The van der Waals surface area contributed by atoms with Crippen LogP contribution in [0.3, 0.4) is 0 Å². The first-order chi connectivity index (χ1) is 23.4. The highest BCUT2D eigenvalue weighted by molar-refractivity contribution is 7.17. The van der Waals surface area contributed by atoms with Gasteiger partial charge >= 0.3 is 5.97 Å². The number of rotatable bonds is 11. The lowest BCUT2D eigenvalue weighted by atomic mass is 9.59. The van der Waals surface area contributed by atoms with Crippen LogP contribution in [-0.2, 0) is 28.0 Å². The molecule has 7 rings (SSSR count). The van der Waals surface area contributed by atoms with Crippen LogP contribution in [0.2, 0.25) is 5.02 Å². The molecular weight excluding hydrogens is 640 g/mol. The highest BCUT2D eigenvalue weighted by Crippen LogP contribution is 2.57. The van der Waals surface area contributed by atoms with E-state index < -0.39 is 5.54 Å². The van der Waals surface area contributed by atoms with Crippen molar-refractivity contribution in [2.75, 3.05) is 19.0 Å². The second-order valence-electron chi connectivity index (χ2n) is 13.5. The summed E-state index contributed by atoms with van der Waals surface area (Å²) in [5.74, 6) is 2.28. The molecule has 48 heavy (non-hydrogen) atoms. The fourth-order valence-electron chi connectivity index (χ4n) is 7.98. The number of nitrogens with zero attached hydrogens (tertiary/aromatic N) is 1. The quantitative estimate of drug-likeness (QED) is 0.140. The van der Waals surface area contributed by atoms with Crippen molar-refractivity contribution < 1.29 is 19.0 Å². The second kappa shape index (κ2) is 13.8. The summed E-state index contributed by atoms with van der Waals surface area (Å²) in [6.45, 7) is 3.44. The van der Waals surface area contributed by atoms with Crippen LogP contribution in [0.1, 0.15) is 55.7 Å². The molecular formula is C40H41ClN2O4S. The second-order valence-corrected chi connectivity index (χ2v) is 14.8. The van der Waals surface area contributed by atoms with Gasteiger partial charge in [-0.15, -0.1) is 11.3 Å². The number of hydrogen-bond donors (Lipinski definition) is 1. The molecule has 2 aliphatic rings. The third-order valence-corrected chi connectivity index (χ3v) is 11.6. The predicted octanol–water partition coefficient (Wildman–Crippen LogP) is 9.64. The molecule has 5 aromatic rings. The molecule has 0 bridgehead atoms. The van der Waals surface area contributed by atoms with Crippen LogP contribution < -0.4 is 14.8 Å². The molecule has 2 atom stereocenters. The first kappa shape index (κ1) is 32.5. The summed E-state index contributed by atoms with van der Waals surface area (Å²) in [7, 11) is 1.48. The largest absolute Gasteiger partial charge is 0.492 e. The first-order valence-corrected chi connectivity index (χ1v) is 18.0. The molecule has 1 saturated carbocycles. The molecule has 8 heteroatoms. The molecule has 2 aliphatic carbocycles. The van der Waals surface area contributed by atoms with Gasteiger partial charge in [0, 0.05) is 16.9 Å². The van der Waals surface area contributed by atoms with Crippen molar-refractivity contribution in [1.29, 1.82) is 0 Å². The topological polar surface area (TPSA) is 69.7 Å². The zero-order valence-electron chi connectivity index (χ0n) is 27.4. The maximum absolute atomic E-state index is 13.5. The van der Waals surface area contributed by atoms with Gasteiger partial charge in [0.1, 0.15) is 23.6 Å². The van der Waals surface area contributed by atoms with Gasteiger partial charge in [0.15, 0.2) is 0 Å². The Bertz CT molecular complexity index is 1890. The van der Waals surface area contributed by atoms with Crippen molar-refractivity contribution in [3.63, 3.8) is 0 Å². The number of thiophene rings is 1. The van der Waals surface area contributed by atoms with E-state index in [0.29, 0.717) is 42.9 Å². The van der Waals surface area contributed by atoms with Gasteiger partial charge in [0.05, 0.1) is 23.9 Å². The Morgan fingerprint density at radius 2 is 1.83 bits per heavy atom. The minimum absolute atomic E-state index is 0.0963. The van der Waals surface area contributed by atoms with Gasteiger partial charge in [0.25, 0.3) is 0 Å². The van der Waals surface area contributed by atoms with Crippen LogP contribution in [-0.4, -0.2) is 30.2 Å². The number of anilines is 1. The maximum atomic E-state index is 13.5. The highest BCUT2D eigenvalue weighted by atomic mass is 35.5. The standard InChI is InChI=1S/C40H41ClN2O4S/c1-27(25-47-36-13-19-42-35-14-20-48-37(35)36)21-30-22-29-11-12-33(46-26-28-7-4-3-5-8-28)24-34(29)39(30)15-17-40(18-16-39,38(44)45-2)43-32-10-6-9-31(41)23-32/h3-14,19-20,23-24,27,30,43H,15-18,21-22,25-26H2,1-2H3/t27-,30+,39?,40?/m1/s1. The molecule has 1 N–H and O–H groups in total. The number of esters is 1. The number of methoxy groups -OCH3 is 1. The predicted molar refractivity (Wildman–Crippen MR) is 193 cm³/mol. The summed E-state index contributed by atoms with van der Waals surface area (Å²) in [4.78, 5) is 18.0. The van der Waals surface area contributed by atoms with E-state index in [1.807, 2.05) is 60.8 Å². The van der Waals surface area contributed by atoms with Gasteiger partial charge in [0.2, 0.25) is 0 Å². The van der Waals surface area contributed by atoms with E-state index in [1.165, 1.54) is 18.2 Å². The van der Waals surface area contributed by atoms with Crippen molar-refractivity contribution in [3.8, 4) is 11.5 Å². The fourth-order valence-corrected chi connectivity index (χ4v) is 8.99. The van der Waals surface area contributed by atoms with E-state index in [-0.39, 0.29) is 11.4 Å². The van der Waals surface area contributed by atoms with Crippen molar-refractivity contribution in [2.24, 2.45) is 11.8 Å². The number of carbonyl (C=O) groups excluding carboxylic acids is 1. The Morgan fingerprint density at radius 1 is 1.00 bits per heavy atom. The van der Waals surface area contributed by atoms with E-state index >= 15 is 0 Å². The number of halogens is 1. The van der Waals surface area contributed by atoms with Gasteiger partial charge in [-0.05, 0) is 120 Å². The zero-order chi connectivity index (χ0) is 33.1. The van der Waals surface area contributed by atoms with Crippen molar-refractivity contribution in [3.05, 3.63) is 118 Å². The number of ether oxygens (including phenoxy) is 3. The summed E-state index contributed by atoms with van der Waals surface area (Å²) >= 11 is 8.00. The number of nitrogens with one attached hydrogen (secondary N) is 1. The molecule has 0 aliphatic heterocycles. The Morgan fingerprint density at radius 3 is 2.62 bits per heavy atom. The number of carbonyl (C=O) groups is 1. The fraction of sp³-hybridized carbons (Fsp3) is 0.350. The normalized spacial score (nSPS) is 22.3. The molecule has 0 saturated heterocycles. The molecule has 0 radical (unpaired) electrons. The zero-order valence-corrected chi connectivity index (χ0v) is 29.0. The molecule has 1 fully saturated rings. The van der Waals surface area contributed by atoms with E-state index in [9.17, 15) is 4.79 Å². The third-order valence-electron chi connectivity index (χ3n) is 10.4. The van der Waals surface area contributed by atoms with Crippen LogP contribution in [0.5, 0.6) is 11.5 Å². The van der Waals surface area contributed by atoms with E-state index in [2.05, 4.69) is 52.9 Å². The van der Waals surface area contributed by atoms with E-state index in [4.69, 9.17) is 25.8 Å².